The highest BCUT2D eigenvalue weighted by Gasteiger charge is 2.39. The Morgan fingerprint density at radius 2 is 2.18 bits per heavy atom. The molecule has 2 aliphatic rings. The number of rotatable bonds is 1. The average Bonchev–Trinajstić information content (AvgIpc) is 2.77. The Morgan fingerprint density at radius 1 is 1.35 bits per heavy atom. The highest BCUT2D eigenvalue weighted by molar-refractivity contribution is 14.1. The summed E-state index contributed by atoms with van der Waals surface area (Å²) in [5, 5.41) is 4.42. The highest BCUT2D eigenvalue weighted by Crippen LogP contribution is 2.38. The summed E-state index contributed by atoms with van der Waals surface area (Å²) in [5.41, 5.74) is 0.0263. The molecule has 1 atom stereocenters. The average molecular weight is 349 g/mol. The molecule has 6 heteroatoms. The first kappa shape index (κ1) is 11.9. The van der Waals surface area contributed by atoms with Crippen LogP contribution in [0.3, 0.4) is 0 Å². The second-order valence-electron chi connectivity index (χ2n) is 4.78. The SMILES string of the molecule is Ic1ncn(C2CCOC3(CCOCC3)C2)n1. The number of ether oxygens (including phenoxy) is 2. The van der Waals surface area contributed by atoms with Gasteiger partial charge >= 0.3 is 0 Å². The van der Waals surface area contributed by atoms with E-state index < -0.39 is 0 Å². The molecular formula is C11H16IN3O2. The molecule has 1 unspecified atom stereocenters. The van der Waals surface area contributed by atoms with E-state index in [1.807, 2.05) is 11.0 Å². The fourth-order valence-electron chi connectivity index (χ4n) is 2.75. The van der Waals surface area contributed by atoms with Gasteiger partial charge in [-0.15, -0.1) is 5.10 Å². The Bertz CT molecular complexity index is 384. The van der Waals surface area contributed by atoms with Gasteiger partial charge in [0.2, 0.25) is 3.83 Å². The maximum atomic E-state index is 6.02. The van der Waals surface area contributed by atoms with E-state index >= 15 is 0 Å². The standard InChI is InChI=1S/C11H16IN3O2/c12-10-13-8-15(14-10)9-1-4-17-11(7-9)2-5-16-6-3-11/h8-9H,1-7H2. The van der Waals surface area contributed by atoms with Crippen LogP contribution in [0.1, 0.15) is 31.7 Å². The minimum Gasteiger partial charge on any atom is -0.381 e. The molecule has 1 aromatic rings. The van der Waals surface area contributed by atoms with Crippen LogP contribution in [0, 0.1) is 3.83 Å². The molecule has 2 aliphatic heterocycles. The van der Waals surface area contributed by atoms with E-state index in [0.717, 1.165) is 49.3 Å². The molecule has 0 radical (unpaired) electrons. The zero-order valence-electron chi connectivity index (χ0n) is 9.64. The van der Waals surface area contributed by atoms with Crippen LogP contribution in [0.5, 0.6) is 0 Å². The lowest BCUT2D eigenvalue weighted by molar-refractivity contribution is -0.145. The second kappa shape index (κ2) is 4.81. The summed E-state index contributed by atoms with van der Waals surface area (Å²) in [6.07, 6.45) is 5.92. The van der Waals surface area contributed by atoms with Gasteiger partial charge in [-0.1, -0.05) is 0 Å². The normalized spacial score (nSPS) is 28.4. The molecule has 3 rings (SSSR count). The Hall–Kier alpha value is -0.210. The van der Waals surface area contributed by atoms with Crippen LogP contribution in [0.25, 0.3) is 0 Å². The van der Waals surface area contributed by atoms with Crippen molar-refractivity contribution in [1.29, 1.82) is 0 Å². The topological polar surface area (TPSA) is 49.2 Å². The van der Waals surface area contributed by atoms with Gasteiger partial charge in [-0.2, -0.15) is 0 Å². The van der Waals surface area contributed by atoms with E-state index in [0.29, 0.717) is 6.04 Å². The van der Waals surface area contributed by atoms with Crippen molar-refractivity contribution in [3.8, 4) is 0 Å². The van der Waals surface area contributed by atoms with Gasteiger partial charge in [0, 0.05) is 42.4 Å². The summed E-state index contributed by atoms with van der Waals surface area (Å²) in [6, 6.07) is 0.429. The van der Waals surface area contributed by atoms with Crippen LogP contribution >= 0.6 is 22.6 Å². The third-order valence-corrected chi connectivity index (χ3v) is 4.22. The van der Waals surface area contributed by atoms with Crippen LogP contribution in [-0.2, 0) is 9.47 Å². The molecule has 1 aromatic heterocycles. The van der Waals surface area contributed by atoms with Gasteiger partial charge < -0.3 is 9.47 Å². The molecule has 1 spiro atoms. The molecule has 0 aromatic carbocycles. The fourth-order valence-corrected chi connectivity index (χ4v) is 3.12. The Kier molecular flexibility index (Phi) is 3.36. The lowest BCUT2D eigenvalue weighted by Crippen LogP contribution is -2.44. The summed E-state index contributed by atoms with van der Waals surface area (Å²) in [5.74, 6) is 0. The van der Waals surface area contributed by atoms with Crippen molar-refractivity contribution >= 4 is 22.6 Å². The molecule has 5 nitrogen and oxygen atoms in total. The summed E-state index contributed by atoms with van der Waals surface area (Å²) in [6.45, 7) is 2.46. The third-order valence-electron chi connectivity index (χ3n) is 3.73. The van der Waals surface area contributed by atoms with E-state index in [1.54, 1.807) is 0 Å². The largest absolute Gasteiger partial charge is 0.381 e. The Balaban J connectivity index is 1.74. The van der Waals surface area contributed by atoms with Crippen molar-refractivity contribution in [2.45, 2.75) is 37.3 Å². The zero-order chi connectivity index (χ0) is 11.7. The first-order valence-corrected chi connectivity index (χ1v) is 7.14. The zero-order valence-corrected chi connectivity index (χ0v) is 11.8. The van der Waals surface area contributed by atoms with Crippen LogP contribution in [0.4, 0.5) is 0 Å². The number of aromatic nitrogens is 3. The predicted molar refractivity (Wildman–Crippen MR) is 69.7 cm³/mol. The van der Waals surface area contributed by atoms with Gasteiger partial charge in [0.1, 0.15) is 6.33 Å². The molecule has 2 fully saturated rings. The Morgan fingerprint density at radius 3 is 2.88 bits per heavy atom. The van der Waals surface area contributed by atoms with E-state index in [1.165, 1.54) is 0 Å². The van der Waals surface area contributed by atoms with Crippen molar-refractivity contribution in [2.75, 3.05) is 19.8 Å². The molecule has 17 heavy (non-hydrogen) atoms. The lowest BCUT2D eigenvalue weighted by Gasteiger charge is -2.43. The number of hydrogen-bond donors (Lipinski definition) is 0. The van der Waals surface area contributed by atoms with Crippen molar-refractivity contribution in [3.63, 3.8) is 0 Å². The minimum atomic E-state index is 0.0263. The molecule has 0 aliphatic carbocycles. The third kappa shape index (κ3) is 2.48. The van der Waals surface area contributed by atoms with E-state index in [9.17, 15) is 0 Å². The van der Waals surface area contributed by atoms with Gasteiger partial charge in [0.05, 0.1) is 11.6 Å². The predicted octanol–water partition coefficient (Wildman–Crippen LogP) is 1.78. The summed E-state index contributed by atoms with van der Waals surface area (Å²) < 4.78 is 14.3. The van der Waals surface area contributed by atoms with E-state index in [4.69, 9.17) is 9.47 Å². The van der Waals surface area contributed by atoms with Crippen molar-refractivity contribution in [1.82, 2.24) is 14.8 Å². The van der Waals surface area contributed by atoms with Crippen molar-refractivity contribution in [2.24, 2.45) is 0 Å². The first-order valence-electron chi connectivity index (χ1n) is 6.06. The summed E-state index contributed by atoms with van der Waals surface area (Å²) >= 11 is 2.15. The summed E-state index contributed by atoms with van der Waals surface area (Å²) in [4.78, 5) is 4.20. The number of halogens is 1. The monoisotopic (exact) mass is 349 g/mol. The molecule has 0 amide bonds. The van der Waals surface area contributed by atoms with E-state index in [-0.39, 0.29) is 5.60 Å². The summed E-state index contributed by atoms with van der Waals surface area (Å²) in [7, 11) is 0. The van der Waals surface area contributed by atoms with Crippen LogP contribution in [-0.4, -0.2) is 40.2 Å². The van der Waals surface area contributed by atoms with Gasteiger partial charge in [-0.3, -0.25) is 0 Å². The molecule has 0 saturated carbocycles. The molecule has 0 bridgehead atoms. The molecule has 0 N–H and O–H groups in total. The molecular weight excluding hydrogens is 333 g/mol. The van der Waals surface area contributed by atoms with Crippen LogP contribution in [0.2, 0.25) is 0 Å². The van der Waals surface area contributed by atoms with E-state index in [2.05, 4.69) is 32.7 Å². The number of hydrogen-bond acceptors (Lipinski definition) is 4. The van der Waals surface area contributed by atoms with Crippen LogP contribution < -0.4 is 0 Å². The second-order valence-corrected chi connectivity index (χ2v) is 5.75. The number of nitrogens with zero attached hydrogens (tertiary/aromatic N) is 3. The highest BCUT2D eigenvalue weighted by atomic mass is 127. The Labute approximate surface area is 114 Å². The fraction of sp³-hybridized carbons (Fsp3) is 0.818. The van der Waals surface area contributed by atoms with Gasteiger partial charge in [-0.05, 0) is 25.7 Å². The minimum absolute atomic E-state index is 0.0263. The maximum absolute atomic E-state index is 6.02. The molecule has 94 valence electrons. The van der Waals surface area contributed by atoms with Gasteiger partial charge in [-0.25, -0.2) is 9.67 Å². The van der Waals surface area contributed by atoms with Crippen LogP contribution in [0.15, 0.2) is 6.33 Å². The van der Waals surface area contributed by atoms with Gasteiger partial charge in [0.15, 0.2) is 0 Å². The molecule has 3 heterocycles. The first-order chi connectivity index (χ1) is 8.27. The smallest absolute Gasteiger partial charge is 0.211 e. The molecule has 2 saturated heterocycles. The van der Waals surface area contributed by atoms with Gasteiger partial charge in [0.25, 0.3) is 0 Å². The quantitative estimate of drug-likeness (QED) is 0.726. The maximum Gasteiger partial charge on any atom is 0.211 e. The lowest BCUT2D eigenvalue weighted by atomic mass is 9.84. The van der Waals surface area contributed by atoms with Crippen molar-refractivity contribution < 1.29 is 9.47 Å². The van der Waals surface area contributed by atoms with Crippen molar-refractivity contribution in [3.05, 3.63) is 10.2 Å².